The Morgan fingerprint density at radius 1 is 0.690 bits per heavy atom. The SMILES string of the molecule is CC(=O)O[C@H]1[C@H](O[C@@H]2[C@@H](O)[C@H](OCCCCCN)O[C@H](CO)[C@H]2O)O[C@@H](C)[C@@H](O)[C@H]1O[C@@H]1O[C@H](CO)[C@@H](O)[C@H](O)[C@H]1O. The summed E-state index contributed by atoms with van der Waals surface area (Å²) in [5.74, 6) is -0.860. The van der Waals surface area contributed by atoms with E-state index in [-0.39, 0.29) is 6.61 Å². The Bertz CT molecular complexity index is 823. The number of carbonyl (C=O) groups is 1. The Balaban J connectivity index is 1.82. The van der Waals surface area contributed by atoms with Crippen LogP contribution < -0.4 is 5.73 Å². The maximum absolute atomic E-state index is 12.1. The van der Waals surface area contributed by atoms with Crippen molar-refractivity contribution in [1.82, 2.24) is 0 Å². The quantitative estimate of drug-likeness (QED) is 0.0694. The maximum Gasteiger partial charge on any atom is 0.303 e. The summed E-state index contributed by atoms with van der Waals surface area (Å²) >= 11 is 0. The van der Waals surface area contributed by atoms with Gasteiger partial charge in [0.05, 0.1) is 19.3 Å². The zero-order chi connectivity index (χ0) is 31.1. The molecule has 0 unspecified atom stereocenters. The molecule has 15 atom stereocenters. The number of unbranched alkanes of at least 4 members (excludes halogenated alkanes) is 2. The van der Waals surface area contributed by atoms with Gasteiger partial charge in [0, 0.05) is 13.5 Å². The molecular formula is C25H45NO16. The molecule has 0 aromatic carbocycles. The van der Waals surface area contributed by atoms with Crippen molar-refractivity contribution >= 4 is 5.97 Å². The summed E-state index contributed by atoms with van der Waals surface area (Å²) < 4.78 is 39.3. The van der Waals surface area contributed by atoms with E-state index in [0.29, 0.717) is 13.0 Å². The van der Waals surface area contributed by atoms with Crippen LogP contribution in [0.25, 0.3) is 0 Å². The predicted molar refractivity (Wildman–Crippen MR) is 136 cm³/mol. The average molecular weight is 616 g/mol. The molecule has 3 heterocycles. The van der Waals surface area contributed by atoms with Crippen molar-refractivity contribution in [3.63, 3.8) is 0 Å². The van der Waals surface area contributed by atoms with Crippen LogP contribution in [0.4, 0.5) is 0 Å². The maximum atomic E-state index is 12.1. The van der Waals surface area contributed by atoms with Gasteiger partial charge < -0.3 is 79.7 Å². The van der Waals surface area contributed by atoms with E-state index in [4.69, 9.17) is 38.9 Å². The highest BCUT2D eigenvalue weighted by atomic mass is 16.8. The third-order valence-electron chi connectivity index (χ3n) is 7.44. The molecule has 42 heavy (non-hydrogen) atoms. The van der Waals surface area contributed by atoms with Gasteiger partial charge in [0.2, 0.25) is 0 Å². The van der Waals surface area contributed by atoms with Crippen molar-refractivity contribution in [2.75, 3.05) is 26.4 Å². The molecule has 246 valence electrons. The Morgan fingerprint density at radius 3 is 1.93 bits per heavy atom. The highest BCUT2D eigenvalue weighted by molar-refractivity contribution is 5.66. The van der Waals surface area contributed by atoms with E-state index in [1.54, 1.807) is 0 Å². The molecule has 17 nitrogen and oxygen atoms in total. The topological polar surface area (TPSA) is 270 Å². The second kappa shape index (κ2) is 16.3. The molecule has 3 rings (SSSR count). The number of rotatable bonds is 13. The highest BCUT2D eigenvalue weighted by Crippen LogP contribution is 2.34. The van der Waals surface area contributed by atoms with Crippen molar-refractivity contribution in [2.24, 2.45) is 5.73 Å². The molecule has 0 aromatic rings. The number of aliphatic hydroxyl groups excluding tert-OH is 8. The second-order valence-electron chi connectivity index (χ2n) is 10.6. The minimum atomic E-state index is -1.84. The monoisotopic (exact) mass is 615 g/mol. The first kappa shape index (κ1) is 35.4. The molecule has 0 aromatic heterocycles. The Kier molecular flexibility index (Phi) is 13.7. The van der Waals surface area contributed by atoms with Crippen molar-refractivity contribution in [3.05, 3.63) is 0 Å². The van der Waals surface area contributed by atoms with Crippen LogP contribution >= 0.6 is 0 Å². The van der Waals surface area contributed by atoms with Crippen molar-refractivity contribution in [3.8, 4) is 0 Å². The van der Waals surface area contributed by atoms with Crippen molar-refractivity contribution in [2.45, 2.75) is 125 Å². The molecule has 3 saturated heterocycles. The Hall–Kier alpha value is -1.13. The molecule has 0 spiro atoms. The van der Waals surface area contributed by atoms with E-state index in [9.17, 15) is 45.6 Å². The van der Waals surface area contributed by atoms with Crippen LogP contribution in [0.2, 0.25) is 0 Å². The zero-order valence-electron chi connectivity index (χ0n) is 23.5. The lowest BCUT2D eigenvalue weighted by Crippen LogP contribution is -2.66. The summed E-state index contributed by atoms with van der Waals surface area (Å²) in [5, 5.41) is 82.7. The van der Waals surface area contributed by atoms with Crippen LogP contribution in [0.15, 0.2) is 0 Å². The van der Waals surface area contributed by atoms with Crippen molar-refractivity contribution < 1.29 is 78.8 Å². The van der Waals surface area contributed by atoms with Gasteiger partial charge in [-0.2, -0.15) is 0 Å². The van der Waals surface area contributed by atoms with Gasteiger partial charge in [-0.3, -0.25) is 4.79 Å². The lowest BCUT2D eigenvalue weighted by Gasteiger charge is -2.48. The number of esters is 1. The zero-order valence-corrected chi connectivity index (χ0v) is 23.5. The van der Waals surface area contributed by atoms with E-state index >= 15 is 0 Å². The summed E-state index contributed by atoms with van der Waals surface area (Å²) in [6.07, 6.45) is -20.8. The van der Waals surface area contributed by atoms with Crippen LogP contribution in [-0.4, -0.2) is 165 Å². The van der Waals surface area contributed by atoms with Crippen LogP contribution in [0.5, 0.6) is 0 Å². The first-order valence-corrected chi connectivity index (χ1v) is 14.0. The molecule has 3 aliphatic heterocycles. The third kappa shape index (κ3) is 8.32. The second-order valence-corrected chi connectivity index (χ2v) is 10.6. The first-order chi connectivity index (χ1) is 19.9. The summed E-state index contributed by atoms with van der Waals surface area (Å²) in [6.45, 7) is 1.78. The van der Waals surface area contributed by atoms with Gasteiger partial charge in [-0.1, -0.05) is 0 Å². The number of hydrogen-bond acceptors (Lipinski definition) is 17. The minimum absolute atomic E-state index is 0.178. The lowest BCUT2D eigenvalue weighted by atomic mass is 9.96. The fraction of sp³-hybridized carbons (Fsp3) is 0.960. The van der Waals surface area contributed by atoms with Gasteiger partial charge in [0.1, 0.15) is 61.0 Å². The lowest BCUT2D eigenvalue weighted by molar-refractivity contribution is -0.378. The number of ether oxygens (including phenoxy) is 7. The fourth-order valence-corrected chi connectivity index (χ4v) is 5.03. The molecule has 0 bridgehead atoms. The summed E-state index contributed by atoms with van der Waals surface area (Å²) in [6, 6.07) is 0. The normalized spacial score (nSPS) is 44.6. The first-order valence-electron chi connectivity index (χ1n) is 14.0. The average Bonchev–Trinajstić information content (AvgIpc) is 2.96. The number of carbonyl (C=O) groups excluding carboxylic acids is 1. The minimum Gasteiger partial charge on any atom is -0.454 e. The van der Waals surface area contributed by atoms with Crippen LogP contribution in [-0.2, 0) is 38.0 Å². The summed E-state index contributed by atoms with van der Waals surface area (Å²) in [4.78, 5) is 12.1. The van der Waals surface area contributed by atoms with Crippen LogP contribution in [0.3, 0.4) is 0 Å². The number of aliphatic hydroxyl groups is 8. The molecule has 10 N–H and O–H groups in total. The molecular weight excluding hydrogens is 570 g/mol. The van der Waals surface area contributed by atoms with Crippen LogP contribution in [0, 0.1) is 0 Å². The molecule has 17 heteroatoms. The van der Waals surface area contributed by atoms with Crippen molar-refractivity contribution in [1.29, 1.82) is 0 Å². The van der Waals surface area contributed by atoms with E-state index in [1.165, 1.54) is 6.92 Å². The van der Waals surface area contributed by atoms with Gasteiger partial charge in [-0.25, -0.2) is 0 Å². The standard InChI is InChI=1S/C25H45NO16/c1-10-14(30)21(42-24-18(34)17(33)15(31)12(8-27)40-24)22(38-11(2)29)25(37-10)41-20-16(32)13(9-28)39-23(19(20)35)36-7-5-3-4-6-26/h10,12-25,27-28,30-35H,3-9,26H2,1-2H3/t10-,12+,13+,14+,15+,16+,17-,18+,19+,20-,21+,22+,23+,24-,25-/m0/s1. The fourth-order valence-electron chi connectivity index (χ4n) is 5.03. The van der Waals surface area contributed by atoms with E-state index in [1.807, 2.05) is 0 Å². The molecule has 3 aliphatic rings. The highest BCUT2D eigenvalue weighted by Gasteiger charge is 2.54. The summed E-state index contributed by atoms with van der Waals surface area (Å²) in [5.41, 5.74) is 5.49. The molecule has 0 aliphatic carbocycles. The van der Waals surface area contributed by atoms with E-state index < -0.39 is 111 Å². The molecule has 0 radical (unpaired) electrons. The molecule has 0 amide bonds. The smallest absolute Gasteiger partial charge is 0.303 e. The van der Waals surface area contributed by atoms with Crippen LogP contribution in [0.1, 0.15) is 33.1 Å². The van der Waals surface area contributed by atoms with Gasteiger partial charge >= 0.3 is 5.97 Å². The molecule has 3 fully saturated rings. The van der Waals surface area contributed by atoms with Gasteiger partial charge in [0.15, 0.2) is 25.0 Å². The van der Waals surface area contributed by atoms with Gasteiger partial charge in [0.25, 0.3) is 0 Å². The Morgan fingerprint density at radius 2 is 1.31 bits per heavy atom. The third-order valence-corrected chi connectivity index (χ3v) is 7.44. The molecule has 0 saturated carbocycles. The number of nitrogens with two attached hydrogens (primary N) is 1. The van der Waals surface area contributed by atoms with Gasteiger partial charge in [-0.15, -0.1) is 0 Å². The van der Waals surface area contributed by atoms with E-state index in [0.717, 1.165) is 19.8 Å². The Labute approximate surface area is 242 Å². The van der Waals surface area contributed by atoms with E-state index in [2.05, 4.69) is 0 Å². The summed E-state index contributed by atoms with van der Waals surface area (Å²) in [7, 11) is 0. The predicted octanol–water partition coefficient (Wildman–Crippen LogP) is -4.82. The van der Waals surface area contributed by atoms with Gasteiger partial charge in [-0.05, 0) is 32.7 Å². The number of hydrogen-bond donors (Lipinski definition) is 9. The largest absolute Gasteiger partial charge is 0.454 e.